The Labute approximate surface area is 91.0 Å². The van der Waals surface area contributed by atoms with Crippen LogP contribution in [0.3, 0.4) is 0 Å². The highest BCUT2D eigenvalue weighted by Gasteiger charge is 1.97. The van der Waals surface area contributed by atoms with Crippen LogP contribution in [0.5, 0.6) is 0 Å². The summed E-state index contributed by atoms with van der Waals surface area (Å²) in [6, 6.07) is 6.03. The second kappa shape index (κ2) is 3.82. The Morgan fingerprint density at radius 2 is 2.43 bits per heavy atom. The fourth-order valence-corrected chi connectivity index (χ4v) is 2.36. The predicted molar refractivity (Wildman–Crippen MR) is 64.3 cm³/mol. The minimum absolute atomic E-state index is 0.543. The van der Waals surface area contributed by atoms with E-state index in [9.17, 15) is 0 Å². The third-order valence-electron chi connectivity index (χ3n) is 1.82. The van der Waals surface area contributed by atoms with Gasteiger partial charge in [-0.25, -0.2) is 0 Å². The maximum Gasteiger partial charge on any atom is 0.159 e. The molecule has 4 heteroatoms. The second-order valence-corrected chi connectivity index (χ2v) is 4.50. The lowest BCUT2D eigenvalue weighted by Gasteiger charge is -2.00. The number of benzene rings is 1. The van der Waals surface area contributed by atoms with Crippen LogP contribution in [0.2, 0.25) is 0 Å². The molecule has 2 aromatic rings. The van der Waals surface area contributed by atoms with E-state index in [1.807, 2.05) is 18.2 Å². The van der Waals surface area contributed by atoms with Gasteiger partial charge < -0.3 is 10.3 Å². The minimum atomic E-state index is 0.543. The van der Waals surface area contributed by atoms with Gasteiger partial charge in [0.2, 0.25) is 0 Å². The largest absolute Gasteiger partial charge is 0.374 e. The Bertz CT molecular complexity index is 545. The number of nitrogens with one attached hydrogen (secondary N) is 2. The van der Waals surface area contributed by atoms with Crippen LogP contribution < -0.4 is 5.32 Å². The highest BCUT2D eigenvalue weighted by atomic mass is 32.1. The van der Waals surface area contributed by atoms with Crippen molar-refractivity contribution < 1.29 is 0 Å². The summed E-state index contributed by atoms with van der Waals surface area (Å²) in [4.78, 5) is 3.11. The van der Waals surface area contributed by atoms with Crippen molar-refractivity contribution in [1.82, 2.24) is 4.98 Å². The van der Waals surface area contributed by atoms with Crippen molar-refractivity contribution >= 4 is 39.5 Å². The first-order valence-electron chi connectivity index (χ1n) is 4.10. The van der Waals surface area contributed by atoms with Crippen molar-refractivity contribution in [1.29, 1.82) is 0 Å². The van der Waals surface area contributed by atoms with E-state index in [0.29, 0.717) is 6.54 Å². The van der Waals surface area contributed by atoms with Crippen LogP contribution >= 0.6 is 23.6 Å². The molecule has 0 radical (unpaired) electrons. The number of aromatic amines is 1. The molecule has 0 amide bonds. The highest BCUT2D eigenvalue weighted by molar-refractivity contribution is 7.73. The number of hydrogen-bond acceptors (Lipinski definition) is 3. The SMILES string of the molecule is C#CCNc1ccc2[nH]c(=S)sc2c1. The van der Waals surface area contributed by atoms with E-state index in [1.165, 1.54) is 0 Å². The van der Waals surface area contributed by atoms with E-state index in [4.69, 9.17) is 18.6 Å². The van der Waals surface area contributed by atoms with Gasteiger partial charge in [0, 0.05) is 5.69 Å². The fraction of sp³-hybridized carbons (Fsp3) is 0.100. The Morgan fingerprint density at radius 1 is 1.57 bits per heavy atom. The first-order chi connectivity index (χ1) is 6.79. The van der Waals surface area contributed by atoms with Crippen LogP contribution in [0.15, 0.2) is 18.2 Å². The molecule has 0 saturated heterocycles. The van der Waals surface area contributed by atoms with Crippen molar-refractivity contribution in [3.63, 3.8) is 0 Å². The molecule has 0 aliphatic rings. The molecule has 1 aromatic carbocycles. The van der Waals surface area contributed by atoms with Gasteiger partial charge >= 0.3 is 0 Å². The van der Waals surface area contributed by atoms with Crippen molar-refractivity contribution in [2.24, 2.45) is 0 Å². The van der Waals surface area contributed by atoms with Crippen LogP contribution in [-0.4, -0.2) is 11.5 Å². The maximum absolute atomic E-state index is 5.16. The standard InChI is InChI=1S/C10H8N2S2/c1-2-5-11-7-3-4-8-9(6-7)14-10(13)12-8/h1,3-4,6,11H,5H2,(H,12,13). The van der Waals surface area contributed by atoms with Crippen LogP contribution in [0, 0.1) is 16.3 Å². The molecule has 0 spiro atoms. The van der Waals surface area contributed by atoms with Gasteiger partial charge in [0.25, 0.3) is 0 Å². The van der Waals surface area contributed by atoms with Crippen LogP contribution in [0.4, 0.5) is 5.69 Å². The summed E-state index contributed by atoms with van der Waals surface area (Å²) < 4.78 is 1.95. The van der Waals surface area contributed by atoms with Crippen molar-refractivity contribution in [2.45, 2.75) is 0 Å². The summed E-state index contributed by atoms with van der Waals surface area (Å²) in [7, 11) is 0. The van der Waals surface area contributed by atoms with E-state index in [2.05, 4.69) is 16.2 Å². The molecule has 0 bridgehead atoms. The van der Waals surface area contributed by atoms with E-state index in [-0.39, 0.29) is 0 Å². The zero-order chi connectivity index (χ0) is 9.97. The summed E-state index contributed by atoms with van der Waals surface area (Å²) in [5.41, 5.74) is 2.10. The second-order valence-electron chi connectivity index (χ2n) is 2.78. The molecule has 0 aliphatic heterocycles. The number of rotatable bonds is 2. The van der Waals surface area contributed by atoms with Gasteiger partial charge in [0.05, 0.1) is 16.8 Å². The lowest BCUT2D eigenvalue weighted by molar-refractivity contribution is 1.39. The summed E-state index contributed by atoms with van der Waals surface area (Å²) in [6.07, 6.45) is 5.16. The molecular weight excluding hydrogens is 212 g/mol. The fourth-order valence-electron chi connectivity index (χ4n) is 1.21. The highest BCUT2D eigenvalue weighted by Crippen LogP contribution is 2.22. The van der Waals surface area contributed by atoms with E-state index >= 15 is 0 Å². The molecule has 0 fully saturated rings. The Kier molecular flexibility index (Phi) is 2.53. The van der Waals surface area contributed by atoms with Crippen LogP contribution in [-0.2, 0) is 0 Å². The summed E-state index contributed by atoms with van der Waals surface area (Å²) in [6.45, 7) is 0.543. The number of aromatic nitrogens is 1. The molecule has 2 N–H and O–H groups in total. The lowest BCUT2D eigenvalue weighted by Crippen LogP contribution is -1.97. The zero-order valence-electron chi connectivity index (χ0n) is 7.33. The number of fused-ring (bicyclic) bond motifs is 1. The van der Waals surface area contributed by atoms with E-state index in [1.54, 1.807) is 11.3 Å². The normalized spacial score (nSPS) is 9.93. The third kappa shape index (κ3) is 1.79. The Balaban J connectivity index is 2.41. The number of thiazole rings is 1. The average molecular weight is 220 g/mol. The van der Waals surface area contributed by atoms with E-state index < -0.39 is 0 Å². The van der Waals surface area contributed by atoms with Gasteiger partial charge in [0.1, 0.15) is 0 Å². The molecule has 1 aromatic heterocycles. The quantitative estimate of drug-likeness (QED) is 0.601. The first kappa shape index (κ1) is 9.25. The molecule has 1 heterocycles. The molecule has 0 saturated carbocycles. The van der Waals surface area contributed by atoms with Crippen LogP contribution in [0.1, 0.15) is 0 Å². The minimum Gasteiger partial charge on any atom is -0.374 e. The Hall–Kier alpha value is -1.31. The van der Waals surface area contributed by atoms with Crippen molar-refractivity contribution in [3.8, 4) is 12.3 Å². The molecule has 14 heavy (non-hydrogen) atoms. The van der Waals surface area contributed by atoms with Crippen molar-refractivity contribution in [2.75, 3.05) is 11.9 Å². The smallest absolute Gasteiger partial charge is 0.159 e. The topological polar surface area (TPSA) is 27.8 Å². The predicted octanol–water partition coefficient (Wildman–Crippen LogP) is 3.00. The lowest BCUT2D eigenvalue weighted by atomic mass is 10.3. The van der Waals surface area contributed by atoms with E-state index in [0.717, 1.165) is 19.9 Å². The van der Waals surface area contributed by atoms with Gasteiger partial charge in [-0.1, -0.05) is 5.92 Å². The monoisotopic (exact) mass is 220 g/mol. The number of terminal acetylenes is 1. The van der Waals surface area contributed by atoms with Crippen LogP contribution in [0.25, 0.3) is 10.2 Å². The van der Waals surface area contributed by atoms with Gasteiger partial charge in [-0.15, -0.1) is 17.8 Å². The first-order valence-corrected chi connectivity index (χ1v) is 5.32. The third-order valence-corrected chi connectivity index (χ3v) is 3.01. The molecule has 2 nitrogen and oxygen atoms in total. The van der Waals surface area contributed by atoms with Gasteiger partial charge in [-0.3, -0.25) is 0 Å². The summed E-state index contributed by atoms with van der Waals surface area (Å²) >= 11 is 6.62. The number of hydrogen-bond donors (Lipinski definition) is 2. The van der Waals surface area contributed by atoms with Gasteiger partial charge in [-0.2, -0.15) is 0 Å². The Morgan fingerprint density at radius 3 is 3.21 bits per heavy atom. The zero-order valence-corrected chi connectivity index (χ0v) is 8.97. The van der Waals surface area contributed by atoms with Crippen molar-refractivity contribution in [3.05, 3.63) is 22.2 Å². The van der Waals surface area contributed by atoms with Gasteiger partial charge in [-0.05, 0) is 30.4 Å². The summed E-state index contributed by atoms with van der Waals surface area (Å²) in [5, 5.41) is 3.12. The molecule has 0 atom stereocenters. The number of H-pyrrole nitrogens is 1. The molecule has 0 unspecified atom stereocenters. The maximum atomic E-state index is 5.16. The molecular formula is C10H8N2S2. The number of anilines is 1. The average Bonchev–Trinajstić information content (AvgIpc) is 2.54. The summed E-state index contributed by atoms with van der Waals surface area (Å²) in [5.74, 6) is 2.53. The molecule has 70 valence electrons. The molecule has 0 aliphatic carbocycles. The molecule has 2 rings (SSSR count). The van der Waals surface area contributed by atoms with Gasteiger partial charge in [0.15, 0.2) is 3.95 Å².